The zero-order valence-electron chi connectivity index (χ0n) is 10.1. The Morgan fingerprint density at radius 2 is 2.19 bits per heavy atom. The van der Waals surface area contributed by atoms with Gasteiger partial charge in [0.25, 0.3) is 5.24 Å². The highest BCUT2D eigenvalue weighted by Gasteiger charge is 2.22. The Bertz CT molecular complexity index is 213. The van der Waals surface area contributed by atoms with Crippen LogP contribution in [0.15, 0.2) is 0 Å². The van der Waals surface area contributed by atoms with Gasteiger partial charge in [0.1, 0.15) is 0 Å². The highest BCUT2D eigenvalue weighted by Crippen LogP contribution is 2.21. The molecule has 1 rings (SSSR count). The number of hydrogen-bond donors (Lipinski definition) is 0. The second-order valence-corrected chi connectivity index (χ2v) is 5.83. The predicted molar refractivity (Wildman–Crippen MR) is 72.4 cm³/mol. The normalized spacial score (nSPS) is 21.1. The minimum atomic E-state index is 0.276. The van der Waals surface area contributed by atoms with Crippen LogP contribution in [0.2, 0.25) is 0 Å². The van der Waals surface area contributed by atoms with E-state index in [0.717, 1.165) is 37.4 Å². The van der Waals surface area contributed by atoms with Gasteiger partial charge in [-0.25, -0.2) is 0 Å². The van der Waals surface area contributed by atoms with Crippen LogP contribution in [0.4, 0.5) is 4.79 Å². The van der Waals surface area contributed by atoms with E-state index in [9.17, 15) is 4.79 Å². The average Bonchev–Trinajstić information content (AvgIpc) is 2.29. The number of carbonyl (C=O) groups excluding carboxylic acids is 1. The minimum Gasteiger partial charge on any atom is -0.331 e. The van der Waals surface area contributed by atoms with Crippen molar-refractivity contribution >= 4 is 28.6 Å². The van der Waals surface area contributed by atoms with Crippen LogP contribution < -0.4 is 0 Å². The SMILES string of the molecule is CC1CCCCN1C(=O)SCCCCCCl. The first kappa shape index (κ1) is 14.2. The van der Waals surface area contributed by atoms with Gasteiger partial charge in [-0.15, -0.1) is 11.6 Å². The van der Waals surface area contributed by atoms with Crippen molar-refractivity contribution in [2.75, 3.05) is 18.2 Å². The summed E-state index contributed by atoms with van der Waals surface area (Å²) in [5, 5.41) is 0.276. The summed E-state index contributed by atoms with van der Waals surface area (Å²) >= 11 is 7.08. The Labute approximate surface area is 108 Å². The number of unbranched alkanes of at least 4 members (excludes halogenated alkanes) is 2. The standard InChI is InChI=1S/C12H22ClNOS/c1-11-7-3-5-9-14(11)12(15)16-10-6-2-4-8-13/h11H,2-10H2,1H3. The van der Waals surface area contributed by atoms with E-state index in [1.165, 1.54) is 31.0 Å². The van der Waals surface area contributed by atoms with Gasteiger partial charge < -0.3 is 4.90 Å². The summed E-state index contributed by atoms with van der Waals surface area (Å²) in [6.45, 7) is 3.11. The highest BCUT2D eigenvalue weighted by molar-refractivity contribution is 8.13. The van der Waals surface area contributed by atoms with Gasteiger partial charge in [0.2, 0.25) is 0 Å². The Kier molecular flexibility index (Phi) is 7.30. The third-order valence-electron chi connectivity index (χ3n) is 3.04. The maximum absolute atomic E-state index is 11.9. The van der Waals surface area contributed by atoms with Gasteiger partial charge >= 0.3 is 0 Å². The van der Waals surface area contributed by atoms with Gasteiger partial charge in [-0.1, -0.05) is 18.2 Å². The molecule has 1 heterocycles. The van der Waals surface area contributed by atoms with Crippen LogP contribution in [0.1, 0.15) is 45.4 Å². The molecule has 0 N–H and O–H groups in total. The molecule has 1 amide bonds. The number of halogens is 1. The lowest BCUT2D eigenvalue weighted by atomic mass is 10.1. The van der Waals surface area contributed by atoms with Crippen LogP contribution >= 0.6 is 23.4 Å². The van der Waals surface area contributed by atoms with E-state index in [4.69, 9.17) is 11.6 Å². The van der Waals surface area contributed by atoms with Gasteiger partial charge in [-0.3, -0.25) is 4.79 Å². The van der Waals surface area contributed by atoms with Crippen molar-refractivity contribution in [2.24, 2.45) is 0 Å². The third kappa shape index (κ3) is 4.96. The molecular formula is C12H22ClNOS. The molecule has 16 heavy (non-hydrogen) atoms. The molecule has 0 saturated carbocycles. The van der Waals surface area contributed by atoms with Crippen molar-refractivity contribution in [3.63, 3.8) is 0 Å². The summed E-state index contributed by atoms with van der Waals surface area (Å²) in [7, 11) is 0. The van der Waals surface area contributed by atoms with Crippen molar-refractivity contribution in [3.05, 3.63) is 0 Å². The molecule has 1 aliphatic heterocycles. The highest BCUT2D eigenvalue weighted by atomic mass is 35.5. The maximum atomic E-state index is 11.9. The molecule has 0 aliphatic carbocycles. The summed E-state index contributed by atoms with van der Waals surface area (Å²) in [4.78, 5) is 13.9. The number of rotatable bonds is 5. The van der Waals surface area contributed by atoms with Crippen molar-refractivity contribution in [2.45, 2.75) is 51.5 Å². The summed E-state index contributed by atoms with van der Waals surface area (Å²) in [5.41, 5.74) is 0. The van der Waals surface area contributed by atoms with E-state index in [2.05, 4.69) is 6.92 Å². The monoisotopic (exact) mass is 263 g/mol. The molecule has 1 saturated heterocycles. The minimum absolute atomic E-state index is 0.276. The molecule has 0 aromatic rings. The summed E-state index contributed by atoms with van der Waals surface area (Å²) < 4.78 is 0. The maximum Gasteiger partial charge on any atom is 0.281 e. The number of hydrogen-bond acceptors (Lipinski definition) is 2. The van der Waals surface area contributed by atoms with Gasteiger partial charge in [0.05, 0.1) is 0 Å². The number of nitrogens with zero attached hydrogens (tertiary/aromatic N) is 1. The van der Waals surface area contributed by atoms with Crippen molar-refractivity contribution in [1.82, 2.24) is 4.90 Å². The molecule has 94 valence electrons. The summed E-state index contributed by atoms with van der Waals surface area (Å²) in [5.74, 6) is 1.68. The van der Waals surface area contributed by atoms with Gasteiger partial charge in [0, 0.05) is 24.2 Å². The van der Waals surface area contributed by atoms with Crippen molar-refractivity contribution in [1.29, 1.82) is 0 Å². The fourth-order valence-corrected chi connectivity index (χ4v) is 3.13. The van der Waals surface area contributed by atoms with E-state index >= 15 is 0 Å². The van der Waals surface area contributed by atoms with Crippen LogP contribution in [0, 0.1) is 0 Å². The molecule has 0 spiro atoms. The Balaban J connectivity index is 2.13. The lowest BCUT2D eigenvalue weighted by Gasteiger charge is -2.32. The number of likely N-dealkylation sites (tertiary alicyclic amines) is 1. The molecule has 4 heteroatoms. The first-order chi connectivity index (χ1) is 7.75. The molecule has 1 atom stereocenters. The Hall–Kier alpha value is 0.110. The van der Waals surface area contributed by atoms with E-state index in [-0.39, 0.29) is 5.24 Å². The molecule has 0 bridgehead atoms. The summed E-state index contributed by atoms with van der Waals surface area (Å²) in [6.07, 6.45) is 6.91. The largest absolute Gasteiger partial charge is 0.331 e. The fraction of sp³-hybridized carbons (Fsp3) is 0.917. The zero-order valence-corrected chi connectivity index (χ0v) is 11.7. The molecule has 0 aromatic carbocycles. The number of amides is 1. The smallest absolute Gasteiger partial charge is 0.281 e. The van der Waals surface area contributed by atoms with Crippen molar-refractivity contribution < 1.29 is 4.79 Å². The van der Waals surface area contributed by atoms with Crippen molar-refractivity contribution in [3.8, 4) is 0 Å². The average molecular weight is 264 g/mol. The van der Waals surface area contributed by atoms with Crippen LogP contribution in [0.25, 0.3) is 0 Å². The van der Waals surface area contributed by atoms with Gasteiger partial charge in [-0.05, 0) is 39.0 Å². The topological polar surface area (TPSA) is 20.3 Å². The van der Waals surface area contributed by atoms with E-state index in [0.29, 0.717) is 6.04 Å². The molecule has 1 unspecified atom stereocenters. The number of alkyl halides is 1. The van der Waals surface area contributed by atoms with Crippen LogP contribution in [-0.2, 0) is 0 Å². The number of carbonyl (C=O) groups is 1. The molecule has 1 fully saturated rings. The first-order valence-electron chi connectivity index (χ1n) is 6.25. The Morgan fingerprint density at radius 3 is 2.88 bits per heavy atom. The van der Waals surface area contributed by atoms with Crippen LogP contribution in [0.5, 0.6) is 0 Å². The molecule has 2 nitrogen and oxygen atoms in total. The quantitative estimate of drug-likeness (QED) is 0.549. The first-order valence-corrected chi connectivity index (χ1v) is 7.77. The molecule has 0 aromatic heterocycles. The lowest BCUT2D eigenvalue weighted by Crippen LogP contribution is -2.40. The zero-order chi connectivity index (χ0) is 11.8. The molecule has 1 aliphatic rings. The lowest BCUT2D eigenvalue weighted by molar-refractivity contribution is 0.181. The van der Waals surface area contributed by atoms with E-state index in [1.54, 1.807) is 0 Å². The second kappa shape index (κ2) is 8.24. The van der Waals surface area contributed by atoms with E-state index in [1.807, 2.05) is 4.90 Å². The fourth-order valence-electron chi connectivity index (χ4n) is 1.99. The number of thioether (sulfide) groups is 1. The third-order valence-corrected chi connectivity index (χ3v) is 4.28. The molecule has 0 radical (unpaired) electrons. The predicted octanol–water partition coefficient (Wildman–Crippen LogP) is 4.12. The Morgan fingerprint density at radius 1 is 1.38 bits per heavy atom. The van der Waals surface area contributed by atoms with E-state index < -0.39 is 0 Å². The van der Waals surface area contributed by atoms with Gasteiger partial charge in [-0.2, -0.15) is 0 Å². The second-order valence-electron chi connectivity index (χ2n) is 4.40. The number of piperidine rings is 1. The van der Waals surface area contributed by atoms with Gasteiger partial charge in [0.15, 0.2) is 0 Å². The summed E-state index contributed by atoms with van der Waals surface area (Å²) in [6, 6.07) is 0.441. The molecular weight excluding hydrogens is 242 g/mol. The van der Waals surface area contributed by atoms with Crippen LogP contribution in [0.3, 0.4) is 0 Å². The van der Waals surface area contributed by atoms with Crippen LogP contribution in [-0.4, -0.2) is 34.4 Å².